The van der Waals surface area contributed by atoms with E-state index < -0.39 is 6.16 Å². The molecule has 0 rings (SSSR count). The molecule has 0 aromatic rings. The van der Waals surface area contributed by atoms with Crippen LogP contribution in [-0.4, -0.2) is 19.3 Å². The van der Waals surface area contributed by atoms with Gasteiger partial charge in [0, 0.05) is 7.05 Å². The molecule has 13 heavy (non-hydrogen) atoms. The number of hydroxylamine groups is 1. The lowest BCUT2D eigenvalue weighted by Gasteiger charge is -2.23. The molecule has 0 amide bonds. The van der Waals surface area contributed by atoms with Gasteiger partial charge < -0.3 is 9.57 Å². The second kappa shape index (κ2) is 5.80. The summed E-state index contributed by atoms with van der Waals surface area (Å²) < 4.78 is 5.09. The van der Waals surface area contributed by atoms with Gasteiger partial charge in [-0.2, -0.15) is 5.48 Å². The molecular weight excluding hydrogens is 170 g/mol. The second-order valence-corrected chi connectivity index (χ2v) is 3.63. The van der Waals surface area contributed by atoms with Crippen LogP contribution in [0, 0.1) is 11.8 Å². The van der Waals surface area contributed by atoms with Crippen molar-refractivity contribution in [2.75, 3.05) is 7.05 Å². The molecule has 1 N–H and O–H groups in total. The first-order chi connectivity index (χ1) is 5.99. The number of ether oxygens (including phenoxy) is 1. The van der Waals surface area contributed by atoms with Gasteiger partial charge in [-0.25, -0.2) is 4.79 Å². The maximum absolute atomic E-state index is 11.0. The molecule has 0 unspecified atom stereocenters. The quantitative estimate of drug-likeness (QED) is 0.542. The zero-order chi connectivity index (χ0) is 10.4. The van der Waals surface area contributed by atoms with E-state index >= 15 is 0 Å². The minimum absolute atomic E-state index is 0.0964. The summed E-state index contributed by atoms with van der Waals surface area (Å²) in [5, 5.41) is 0. The molecule has 0 radical (unpaired) electrons. The van der Waals surface area contributed by atoms with Crippen LogP contribution in [0.25, 0.3) is 0 Å². The minimum Gasteiger partial charge on any atom is -0.429 e. The van der Waals surface area contributed by atoms with Crippen molar-refractivity contribution in [1.82, 2.24) is 5.48 Å². The third-order valence-electron chi connectivity index (χ3n) is 1.73. The Balaban J connectivity index is 4.02. The smallest absolute Gasteiger partial charge is 0.429 e. The molecule has 78 valence electrons. The Morgan fingerprint density at radius 2 is 1.62 bits per heavy atom. The molecule has 0 fully saturated rings. The van der Waals surface area contributed by atoms with Gasteiger partial charge >= 0.3 is 6.16 Å². The fourth-order valence-electron chi connectivity index (χ4n) is 1.26. The third kappa shape index (κ3) is 4.72. The molecular formula is C9H19NO3. The van der Waals surface area contributed by atoms with Crippen molar-refractivity contribution in [2.45, 2.75) is 33.8 Å². The van der Waals surface area contributed by atoms with Gasteiger partial charge in [-0.15, -0.1) is 0 Å². The summed E-state index contributed by atoms with van der Waals surface area (Å²) in [4.78, 5) is 15.4. The Morgan fingerprint density at radius 3 is 1.92 bits per heavy atom. The van der Waals surface area contributed by atoms with Crippen LogP contribution < -0.4 is 5.48 Å². The highest BCUT2D eigenvalue weighted by atomic mass is 16.8. The summed E-state index contributed by atoms with van der Waals surface area (Å²) in [5.74, 6) is 0.591. The van der Waals surface area contributed by atoms with Crippen LogP contribution in [0.3, 0.4) is 0 Å². The number of hydrogen-bond acceptors (Lipinski definition) is 4. The van der Waals surface area contributed by atoms with Crippen molar-refractivity contribution in [3.63, 3.8) is 0 Å². The van der Waals surface area contributed by atoms with Crippen molar-refractivity contribution < 1.29 is 14.4 Å². The Hall–Kier alpha value is -0.770. The van der Waals surface area contributed by atoms with Gasteiger partial charge in [-0.3, -0.25) is 0 Å². The summed E-state index contributed by atoms with van der Waals surface area (Å²) in [7, 11) is 1.51. The van der Waals surface area contributed by atoms with E-state index in [2.05, 4.69) is 10.3 Å². The fraction of sp³-hybridized carbons (Fsp3) is 0.889. The van der Waals surface area contributed by atoms with Crippen molar-refractivity contribution in [3.8, 4) is 0 Å². The second-order valence-electron chi connectivity index (χ2n) is 3.63. The Morgan fingerprint density at radius 1 is 1.15 bits per heavy atom. The number of hydrogen-bond donors (Lipinski definition) is 1. The molecule has 0 aliphatic rings. The van der Waals surface area contributed by atoms with Crippen LogP contribution in [0.2, 0.25) is 0 Å². The zero-order valence-corrected chi connectivity index (χ0v) is 8.96. The Kier molecular flexibility index (Phi) is 5.46. The average Bonchev–Trinajstić information content (AvgIpc) is 1.99. The molecule has 0 spiro atoms. The highest BCUT2D eigenvalue weighted by Gasteiger charge is 2.22. The van der Waals surface area contributed by atoms with E-state index in [9.17, 15) is 4.79 Å². The van der Waals surface area contributed by atoms with Gasteiger partial charge in [0.15, 0.2) is 0 Å². The third-order valence-corrected chi connectivity index (χ3v) is 1.73. The average molecular weight is 189 g/mol. The first-order valence-electron chi connectivity index (χ1n) is 4.53. The normalized spacial score (nSPS) is 11.1. The van der Waals surface area contributed by atoms with Crippen LogP contribution >= 0.6 is 0 Å². The lowest BCUT2D eigenvalue weighted by Crippen LogP contribution is -2.30. The van der Waals surface area contributed by atoms with Gasteiger partial charge in [-0.1, -0.05) is 27.7 Å². The molecule has 0 aliphatic heterocycles. The van der Waals surface area contributed by atoms with Crippen LogP contribution in [0.1, 0.15) is 27.7 Å². The van der Waals surface area contributed by atoms with Crippen LogP contribution in [0.5, 0.6) is 0 Å². The molecule has 0 saturated carbocycles. The molecule has 0 aliphatic carbocycles. The Labute approximate surface area is 79.6 Å². The summed E-state index contributed by atoms with van der Waals surface area (Å²) in [6.45, 7) is 8.04. The van der Waals surface area contributed by atoms with E-state index in [1.165, 1.54) is 7.05 Å². The first kappa shape index (κ1) is 12.2. The van der Waals surface area contributed by atoms with E-state index in [4.69, 9.17) is 4.74 Å². The summed E-state index contributed by atoms with van der Waals surface area (Å²) >= 11 is 0. The van der Waals surface area contributed by atoms with Gasteiger partial charge in [0.25, 0.3) is 0 Å². The number of carbonyl (C=O) groups is 1. The predicted octanol–water partition coefficient (Wildman–Crippen LogP) is 1.95. The predicted molar refractivity (Wildman–Crippen MR) is 50.1 cm³/mol. The number of nitrogens with one attached hydrogen (secondary N) is 1. The lowest BCUT2D eigenvalue weighted by molar-refractivity contribution is -0.0289. The fourth-order valence-corrected chi connectivity index (χ4v) is 1.26. The van der Waals surface area contributed by atoms with Crippen LogP contribution in [0.15, 0.2) is 0 Å². The summed E-state index contributed by atoms with van der Waals surface area (Å²) in [6.07, 6.45) is -0.768. The molecule has 4 nitrogen and oxygen atoms in total. The summed E-state index contributed by atoms with van der Waals surface area (Å²) in [5.41, 5.74) is 2.28. The molecule has 0 atom stereocenters. The standard InChI is InChI=1S/C9H19NO3/c1-6(2)8(7(3)4)12-9(11)13-10-5/h6-8,10H,1-5H3. The first-order valence-corrected chi connectivity index (χ1v) is 4.53. The van der Waals surface area contributed by atoms with E-state index in [1.54, 1.807) is 0 Å². The molecule has 0 aromatic carbocycles. The van der Waals surface area contributed by atoms with Crippen molar-refractivity contribution in [3.05, 3.63) is 0 Å². The number of carbonyl (C=O) groups excluding carboxylic acids is 1. The van der Waals surface area contributed by atoms with Crippen molar-refractivity contribution in [1.29, 1.82) is 0 Å². The van der Waals surface area contributed by atoms with E-state index in [0.717, 1.165) is 0 Å². The maximum atomic E-state index is 11.0. The van der Waals surface area contributed by atoms with Gasteiger partial charge in [0.2, 0.25) is 0 Å². The monoisotopic (exact) mass is 189 g/mol. The van der Waals surface area contributed by atoms with Gasteiger partial charge in [0.1, 0.15) is 6.10 Å². The Bertz CT molecular complexity index is 149. The van der Waals surface area contributed by atoms with Crippen molar-refractivity contribution in [2.24, 2.45) is 11.8 Å². The molecule has 0 saturated heterocycles. The van der Waals surface area contributed by atoms with Crippen LogP contribution in [0.4, 0.5) is 4.79 Å². The molecule has 0 heterocycles. The van der Waals surface area contributed by atoms with E-state index in [-0.39, 0.29) is 6.10 Å². The maximum Gasteiger partial charge on any atom is 0.527 e. The van der Waals surface area contributed by atoms with Gasteiger partial charge in [0.05, 0.1) is 0 Å². The minimum atomic E-state index is -0.671. The highest BCUT2D eigenvalue weighted by molar-refractivity contribution is 5.59. The topological polar surface area (TPSA) is 47.6 Å². The SMILES string of the molecule is CNOC(=O)OC(C(C)C)C(C)C. The largest absolute Gasteiger partial charge is 0.527 e. The molecule has 0 bridgehead atoms. The van der Waals surface area contributed by atoms with Crippen molar-refractivity contribution >= 4 is 6.16 Å². The highest BCUT2D eigenvalue weighted by Crippen LogP contribution is 2.16. The zero-order valence-electron chi connectivity index (χ0n) is 8.96. The van der Waals surface area contributed by atoms with Crippen LogP contribution in [-0.2, 0) is 9.57 Å². The number of rotatable bonds is 4. The van der Waals surface area contributed by atoms with E-state index in [0.29, 0.717) is 11.8 Å². The molecule has 0 aromatic heterocycles. The lowest BCUT2D eigenvalue weighted by atomic mass is 9.96. The molecule has 4 heteroatoms. The summed E-state index contributed by atoms with van der Waals surface area (Å²) in [6, 6.07) is 0. The van der Waals surface area contributed by atoms with Gasteiger partial charge in [-0.05, 0) is 11.8 Å². The van der Waals surface area contributed by atoms with E-state index in [1.807, 2.05) is 27.7 Å².